The van der Waals surface area contributed by atoms with Crippen molar-refractivity contribution in [1.29, 1.82) is 0 Å². The van der Waals surface area contributed by atoms with E-state index in [2.05, 4.69) is 39.7 Å². The number of nitrogens with one attached hydrogen (secondary N) is 2. The number of aliphatic imine (C=N–C) groups is 1. The lowest BCUT2D eigenvalue weighted by atomic mass is 10.2. The minimum absolute atomic E-state index is 0. The molecule has 3 rings (SSSR count). The molecule has 29 heavy (non-hydrogen) atoms. The molecule has 1 fully saturated rings. The van der Waals surface area contributed by atoms with Crippen LogP contribution in [0.1, 0.15) is 31.7 Å². The normalized spacial score (nSPS) is 14.0. The number of hydrogen-bond donors (Lipinski definition) is 2. The molecule has 2 N–H and O–H groups in total. The minimum atomic E-state index is 0. The summed E-state index contributed by atoms with van der Waals surface area (Å²) in [4.78, 5) is 22.7. The number of hydrogen-bond acceptors (Lipinski definition) is 5. The molecule has 158 valence electrons. The lowest BCUT2D eigenvalue weighted by molar-refractivity contribution is -0.117. The van der Waals surface area contributed by atoms with Gasteiger partial charge in [-0.05, 0) is 37.5 Å². The molecular formula is C20H28IN5OS2. The second-order valence-corrected chi connectivity index (χ2v) is 8.67. The summed E-state index contributed by atoms with van der Waals surface area (Å²) in [5, 5.41) is 8.68. The molecule has 1 aromatic heterocycles. The highest BCUT2D eigenvalue weighted by Gasteiger charge is 2.21. The van der Waals surface area contributed by atoms with Crippen molar-refractivity contribution in [3.05, 3.63) is 41.4 Å². The number of thioether (sulfide) groups is 1. The van der Waals surface area contributed by atoms with Crippen LogP contribution >= 0.6 is 47.1 Å². The van der Waals surface area contributed by atoms with Crippen molar-refractivity contribution in [3.63, 3.8) is 0 Å². The van der Waals surface area contributed by atoms with Crippen LogP contribution < -0.4 is 15.5 Å². The lowest BCUT2D eigenvalue weighted by Crippen LogP contribution is -2.37. The van der Waals surface area contributed by atoms with Crippen LogP contribution in [0.25, 0.3) is 0 Å². The van der Waals surface area contributed by atoms with Crippen LogP contribution in [0.5, 0.6) is 0 Å². The molecule has 1 amide bonds. The summed E-state index contributed by atoms with van der Waals surface area (Å²) >= 11 is 3.48. The largest absolute Gasteiger partial charge is 0.357 e. The Morgan fingerprint density at radius 1 is 1.31 bits per heavy atom. The smallest absolute Gasteiger partial charge is 0.227 e. The molecule has 0 spiro atoms. The average molecular weight is 546 g/mol. The third-order valence-electron chi connectivity index (χ3n) is 4.33. The maximum absolute atomic E-state index is 11.8. The Morgan fingerprint density at radius 2 is 2.14 bits per heavy atom. The van der Waals surface area contributed by atoms with Crippen molar-refractivity contribution < 1.29 is 4.79 Å². The van der Waals surface area contributed by atoms with Crippen molar-refractivity contribution in [2.45, 2.75) is 37.1 Å². The van der Waals surface area contributed by atoms with E-state index < -0.39 is 0 Å². The second-order valence-electron chi connectivity index (χ2n) is 6.44. The summed E-state index contributed by atoms with van der Waals surface area (Å²) in [5.41, 5.74) is 2.12. The summed E-state index contributed by atoms with van der Waals surface area (Å²) in [5.74, 6) is 2.09. The standard InChI is InChI=1S/C20H27N5OS2.HI/c1-2-21-19(22-10-4-13-27-20-23-11-14-28-20)24-15-16-6-8-17(9-7-16)25-12-3-5-18(25)26;/h6-9,11,14H,2-5,10,12-13,15H2,1H3,(H2,21,22,24);1H. The molecule has 1 aromatic carbocycles. The van der Waals surface area contributed by atoms with E-state index in [1.165, 1.54) is 0 Å². The molecule has 1 aliphatic heterocycles. The van der Waals surface area contributed by atoms with Gasteiger partial charge in [-0.1, -0.05) is 23.9 Å². The van der Waals surface area contributed by atoms with Gasteiger partial charge in [0.05, 0.1) is 6.54 Å². The predicted molar refractivity (Wildman–Crippen MR) is 134 cm³/mol. The Kier molecular flexibility index (Phi) is 10.8. The Bertz CT molecular complexity index is 768. The first-order valence-corrected chi connectivity index (χ1v) is 11.6. The number of anilines is 1. The van der Waals surface area contributed by atoms with Crippen molar-refractivity contribution >= 4 is 64.6 Å². The Balaban J connectivity index is 0.00000300. The van der Waals surface area contributed by atoms with Crippen LogP contribution in [0.2, 0.25) is 0 Å². The van der Waals surface area contributed by atoms with Gasteiger partial charge in [0.2, 0.25) is 5.91 Å². The molecular weight excluding hydrogens is 517 g/mol. The summed E-state index contributed by atoms with van der Waals surface area (Å²) in [6.45, 7) is 5.20. The van der Waals surface area contributed by atoms with E-state index in [4.69, 9.17) is 0 Å². The van der Waals surface area contributed by atoms with Crippen LogP contribution in [0.4, 0.5) is 5.69 Å². The topological polar surface area (TPSA) is 69.6 Å². The highest BCUT2D eigenvalue weighted by atomic mass is 127. The number of nitrogens with zero attached hydrogens (tertiary/aromatic N) is 3. The van der Waals surface area contributed by atoms with Crippen molar-refractivity contribution in [2.24, 2.45) is 4.99 Å². The Labute approximate surface area is 198 Å². The van der Waals surface area contributed by atoms with Gasteiger partial charge in [0.25, 0.3) is 0 Å². The van der Waals surface area contributed by atoms with E-state index in [9.17, 15) is 4.79 Å². The third kappa shape index (κ3) is 7.78. The summed E-state index contributed by atoms with van der Waals surface area (Å²) in [6, 6.07) is 8.14. The highest BCUT2D eigenvalue weighted by molar-refractivity contribution is 14.0. The number of guanidine groups is 1. The van der Waals surface area contributed by atoms with Crippen LogP contribution in [0.15, 0.2) is 45.2 Å². The van der Waals surface area contributed by atoms with Gasteiger partial charge in [-0.15, -0.1) is 35.3 Å². The molecule has 2 heterocycles. The number of thiazole rings is 1. The maximum Gasteiger partial charge on any atom is 0.227 e. The highest BCUT2D eigenvalue weighted by Crippen LogP contribution is 2.22. The number of aromatic nitrogens is 1. The first-order valence-electron chi connectivity index (χ1n) is 9.70. The fourth-order valence-electron chi connectivity index (χ4n) is 2.93. The maximum atomic E-state index is 11.8. The molecule has 0 saturated carbocycles. The van der Waals surface area contributed by atoms with E-state index in [0.29, 0.717) is 13.0 Å². The van der Waals surface area contributed by atoms with E-state index in [1.807, 2.05) is 28.6 Å². The molecule has 0 aliphatic carbocycles. The lowest BCUT2D eigenvalue weighted by Gasteiger charge is -2.16. The SMILES string of the molecule is CCNC(=NCc1ccc(N2CCCC2=O)cc1)NCCCSc1nccs1.I. The van der Waals surface area contributed by atoms with E-state index in [-0.39, 0.29) is 29.9 Å². The first kappa shape index (κ1) is 23.9. The zero-order valence-corrected chi connectivity index (χ0v) is 20.6. The number of amides is 1. The molecule has 0 unspecified atom stereocenters. The fraction of sp³-hybridized carbons (Fsp3) is 0.450. The zero-order valence-electron chi connectivity index (χ0n) is 16.6. The van der Waals surface area contributed by atoms with Gasteiger partial charge in [0, 0.05) is 49.1 Å². The summed E-state index contributed by atoms with van der Waals surface area (Å²) in [7, 11) is 0. The molecule has 0 radical (unpaired) electrons. The van der Waals surface area contributed by atoms with Crippen LogP contribution in [0.3, 0.4) is 0 Å². The Hall–Kier alpha value is -1.33. The molecule has 0 bridgehead atoms. The van der Waals surface area contributed by atoms with Crippen LogP contribution in [0, 0.1) is 0 Å². The van der Waals surface area contributed by atoms with Gasteiger partial charge in [0.1, 0.15) is 4.34 Å². The number of rotatable bonds is 9. The second kappa shape index (κ2) is 13.1. The quantitative estimate of drug-likeness (QED) is 0.163. The average Bonchev–Trinajstić information content (AvgIpc) is 3.38. The van der Waals surface area contributed by atoms with Crippen molar-refractivity contribution in [1.82, 2.24) is 15.6 Å². The molecule has 0 atom stereocenters. The van der Waals surface area contributed by atoms with E-state index >= 15 is 0 Å². The zero-order chi connectivity index (χ0) is 19.6. The molecule has 1 aliphatic rings. The van der Waals surface area contributed by atoms with Gasteiger partial charge in [-0.3, -0.25) is 4.79 Å². The van der Waals surface area contributed by atoms with Gasteiger partial charge >= 0.3 is 0 Å². The van der Waals surface area contributed by atoms with E-state index in [1.54, 1.807) is 23.1 Å². The predicted octanol–water partition coefficient (Wildman–Crippen LogP) is 4.13. The van der Waals surface area contributed by atoms with Crippen LogP contribution in [-0.4, -0.2) is 42.2 Å². The number of benzene rings is 1. The molecule has 6 nitrogen and oxygen atoms in total. The van der Waals surface area contributed by atoms with Gasteiger partial charge < -0.3 is 15.5 Å². The number of carbonyl (C=O) groups is 1. The first-order chi connectivity index (χ1) is 13.8. The Morgan fingerprint density at radius 3 is 2.79 bits per heavy atom. The van der Waals surface area contributed by atoms with Crippen molar-refractivity contribution in [3.8, 4) is 0 Å². The molecule has 9 heteroatoms. The van der Waals surface area contributed by atoms with Crippen LogP contribution in [-0.2, 0) is 11.3 Å². The number of halogens is 1. The minimum Gasteiger partial charge on any atom is -0.357 e. The van der Waals surface area contributed by atoms with Crippen molar-refractivity contribution in [2.75, 3.05) is 30.3 Å². The summed E-state index contributed by atoms with van der Waals surface area (Å²) < 4.78 is 1.12. The van der Waals surface area contributed by atoms with Gasteiger partial charge in [-0.25, -0.2) is 9.98 Å². The molecule has 2 aromatic rings. The van der Waals surface area contributed by atoms with E-state index in [0.717, 1.165) is 59.8 Å². The third-order valence-corrected chi connectivity index (χ3v) is 6.39. The monoisotopic (exact) mass is 545 g/mol. The number of carbonyl (C=O) groups excluding carboxylic acids is 1. The summed E-state index contributed by atoms with van der Waals surface area (Å²) in [6.07, 6.45) is 4.50. The van der Waals surface area contributed by atoms with Gasteiger partial charge in [-0.2, -0.15) is 0 Å². The molecule has 1 saturated heterocycles. The van der Waals surface area contributed by atoms with Gasteiger partial charge in [0.15, 0.2) is 5.96 Å². The fourth-order valence-corrected chi connectivity index (χ4v) is 4.58.